The number of hydrogen-bond donors (Lipinski definition) is 0. The van der Waals surface area contributed by atoms with Gasteiger partial charge in [-0.3, -0.25) is 4.57 Å². The molecule has 8 aromatic rings. The SMILES string of the molecule is c1ccc(-n2c3cc4ccccc4cc3c3ccc4c(c5ccccc5n4-c4ccncn4)c32)cc1. The van der Waals surface area contributed by atoms with Crippen molar-refractivity contribution in [1.29, 1.82) is 0 Å². The van der Waals surface area contributed by atoms with Crippen molar-refractivity contribution < 1.29 is 0 Å². The normalized spacial score (nSPS) is 11.9. The lowest BCUT2D eigenvalue weighted by Gasteiger charge is -2.10. The van der Waals surface area contributed by atoms with Crippen LogP contribution in [0.15, 0.2) is 122 Å². The summed E-state index contributed by atoms with van der Waals surface area (Å²) >= 11 is 0. The van der Waals surface area contributed by atoms with Gasteiger partial charge in [0.05, 0.1) is 22.1 Å². The van der Waals surface area contributed by atoms with Gasteiger partial charge in [0, 0.05) is 33.4 Å². The Morgan fingerprint density at radius 1 is 0.528 bits per heavy atom. The lowest BCUT2D eigenvalue weighted by molar-refractivity contribution is 1.04. The maximum atomic E-state index is 4.61. The molecule has 4 heteroatoms. The molecule has 0 aliphatic rings. The molecule has 0 saturated carbocycles. The van der Waals surface area contributed by atoms with Crippen molar-refractivity contribution in [3.05, 3.63) is 122 Å². The summed E-state index contributed by atoms with van der Waals surface area (Å²) in [5, 5.41) is 7.43. The van der Waals surface area contributed by atoms with Crippen LogP contribution in [0.3, 0.4) is 0 Å². The summed E-state index contributed by atoms with van der Waals surface area (Å²) < 4.78 is 4.67. The Labute approximate surface area is 206 Å². The number of nitrogens with zero attached hydrogens (tertiary/aromatic N) is 4. The molecule has 0 spiro atoms. The summed E-state index contributed by atoms with van der Waals surface area (Å²) in [5.41, 5.74) is 5.84. The first-order valence-electron chi connectivity index (χ1n) is 12.1. The van der Waals surface area contributed by atoms with Crippen LogP contribution in [0, 0.1) is 0 Å². The second-order valence-electron chi connectivity index (χ2n) is 9.16. The van der Waals surface area contributed by atoms with E-state index in [1.165, 1.54) is 43.4 Å². The maximum Gasteiger partial charge on any atom is 0.140 e. The van der Waals surface area contributed by atoms with Gasteiger partial charge in [-0.15, -0.1) is 0 Å². The standard InChI is InChI=1S/C32H20N4/c1-2-10-23(11-3-1)35-29-19-22-9-5-4-8-21(22)18-26(29)24-14-15-28-31(32(24)35)25-12-6-7-13-27(25)36(28)30-16-17-33-20-34-30/h1-20H. The summed E-state index contributed by atoms with van der Waals surface area (Å²) in [6.45, 7) is 0. The molecular weight excluding hydrogens is 440 g/mol. The maximum absolute atomic E-state index is 4.61. The van der Waals surface area contributed by atoms with Crippen molar-refractivity contribution in [2.24, 2.45) is 0 Å². The van der Waals surface area contributed by atoms with E-state index in [0.717, 1.165) is 22.5 Å². The Kier molecular flexibility index (Phi) is 3.91. The first-order chi connectivity index (χ1) is 17.9. The van der Waals surface area contributed by atoms with E-state index in [-0.39, 0.29) is 0 Å². The third kappa shape index (κ3) is 2.58. The highest BCUT2D eigenvalue weighted by molar-refractivity contribution is 6.27. The molecule has 5 aromatic carbocycles. The Morgan fingerprint density at radius 3 is 2.14 bits per heavy atom. The van der Waals surface area contributed by atoms with Gasteiger partial charge < -0.3 is 4.57 Å². The number of aromatic nitrogens is 4. The van der Waals surface area contributed by atoms with Crippen LogP contribution in [0.5, 0.6) is 0 Å². The molecule has 36 heavy (non-hydrogen) atoms. The number of para-hydroxylation sites is 2. The number of hydrogen-bond acceptors (Lipinski definition) is 2. The molecule has 0 fully saturated rings. The van der Waals surface area contributed by atoms with Crippen LogP contribution < -0.4 is 0 Å². The van der Waals surface area contributed by atoms with E-state index in [0.29, 0.717) is 0 Å². The van der Waals surface area contributed by atoms with Gasteiger partial charge >= 0.3 is 0 Å². The van der Waals surface area contributed by atoms with Crippen molar-refractivity contribution in [2.45, 2.75) is 0 Å². The fourth-order valence-electron chi connectivity index (χ4n) is 5.75. The van der Waals surface area contributed by atoms with Crippen LogP contribution in [0.25, 0.3) is 65.9 Å². The Morgan fingerprint density at radius 2 is 1.31 bits per heavy atom. The van der Waals surface area contributed by atoms with Crippen molar-refractivity contribution in [3.8, 4) is 11.5 Å². The molecule has 0 saturated heterocycles. The average molecular weight is 461 g/mol. The fraction of sp³-hybridized carbons (Fsp3) is 0. The number of rotatable bonds is 2. The van der Waals surface area contributed by atoms with Gasteiger partial charge in [-0.05, 0) is 53.2 Å². The zero-order chi connectivity index (χ0) is 23.6. The zero-order valence-electron chi connectivity index (χ0n) is 19.3. The molecule has 168 valence electrons. The quantitative estimate of drug-likeness (QED) is 0.264. The monoisotopic (exact) mass is 460 g/mol. The van der Waals surface area contributed by atoms with E-state index in [2.05, 4.69) is 122 Å². The van der Waals surface area contributed by atoms with Gasteiger partial charge in [-0.25, -0.2) is 9.97 Å². The molecule has 0 radical (unpaired) electrons. The highest BCUT2D eigenvalue weighted by Gasteiger charge is 2.21. The molecule has 0 atom stereocenters. The molecule has 0 N–H and O–H groups in total. The Balaban J connectivity index is 1.66. The zero-order valence-corrected chi connectivity index (χ0v) is 19.3. The molecule has 0 aliphatic carbocycles. The molecule has 8 rings (SSSR count). The molecule has 3 aromatic heterocycles. The highest BCUT2D eigenvalue weighted by atomic mass is 15.1. The summed E-state index contributed by atoms with van der Waals surface area (Å²) in [7, 11) is 0. The Hall–Kier alpha value is -4.96. The van der Waals surface area contributed by atoms with Crippen LogP contribution in [-0.4, -0.2) is 19.1 Å². The predicted molar refractivity (Wildman–Crippen MR) is 148 cm³/mol. The van der Waals surface area contributed by atoms with E-state index in [4.69, 9.17) is 0 Å². The van der Waals surface area contributed by atoms with Gasteiger partial charge in [0.2, 0.25) is 0 Å². The topological polar surface area (TPSA) is 35.6 Å². The molecule has 0 aliphatic heterocycles. The summed E-state index contributed by atoms with van der Waals surface area (Å²) in [6.07, 6.45) is 3.41. The van der Waals surface area contributed by atoms with Gasteiger partial charge in [-0.1, -0.05) is 66.7 Å². The first-order valence-corrected chi connectivity index (χ1v) is 12.1. The van der Waals surface area contributed by atoms with Crippen LogP contribution in [0.1, 0.15) is 0 Å². The molecular formula is C32H20N4. The summed E-state index contributed by atoms with van der Waals surface area (Å²) in [4.78, 5) is 8.75. The largest absolute Gasteiger partial charge is 0.309 e. The van der Waals surface area contributed by atoms with E-state index in [9.17, 15) is 0 Å². The fourth-order valence-corrected chi connectivity index (χ4v) is 5.75. The second kappa shape index (κ2) is 7.27. The smallest absolute Gasteiger partial charge is 0.140 e. The van der Waals surface area contributed by atoms with E-state index < -0.39 is 0 Å². The number of fused-ring (bicyclic) bond motifs is 8. The Bertz CT molecular complexity index is 2080. The third-order valence-electron chi connectivity index (χ3n) is 7.24. The predicted octanol–water partition coefficient (Wildman–Crippen LogP) is 7.82. The first kappa shape index (κ1) is 19.4. The van der Waals surface area contributed by atoms with Gasteiger partial charge in [0.25, 0.3) is 0 Å². The minimum atomic E-state index is 0.865. The van der Waals surface area contributed by atoms with Crippen molar-refractivity contribution >= 4 is 54.4 Å². The number of benzene rings is 5. The minimum absolute atomic E-state index is 0.865. The van der Waals surface area contributed by atoms with Gasteiger partial charge in [-0.2, -0.15) is 0 Å². The minimum Gasteiger partial charge on any atom is -0.309 e. The van der Waals surface area contributed by atoms with Crippen LogP contribution in [0.2, 0.25) is 0 Å². The van der Waals surface area contributed by atoms with Crippen LogP contribution >= 0.6 is 0 Å². The van der Waals surface area contributed by atoms with Crippen molar-refractivity contribution in [2.75, 3.05) is 0 Å². The van der Waals surface area contributed by atoms with E-state index in [1.54, 1.807) is 12.5 Å². The molecule has 0 bridgehead atoms. The van der Waals surface area contributed by atoms with E-state index in [1.807, 2.05) is 6.07 Å². The van der Waals surface area contributed by atoms with Gasteiger partial charge in [0.1, 0.15) is 12.1 Å². The summed E-state index contributed by atoms with van der Waals surface area (Å²) in [6, 6.07) is 39.0. The molecule has 3 heterocycles. The highest BCUT2D eigenvalue weighted by Crippen LogP contribution is 2.42. The van der Waals surface area contributed by atoms with Crippen molar-refractivity contribution in [1.82, 2.24) is 19.1 Å². The molecule has 0 unspecified atom stereocenters. The lowest BCUT2D eigenvalue weighted by Crippen LogP contribution is -1.97. The van der Waals surface area contributed by atoms with E-state index >= 15 is 0 Å². The second-order valence-corrected chi connectivity index (χ2v) is 9.16. The molecule has 4 nitrogen and oxygen atoms in total. The van der Waals surface area contributed by atoms with Crippen LogP contribution in [0.4, 0.5) is 0 Å². The van der Waals surface area contributed by atoms with Crippen molar-refractivity contribution in [3.63, 3.8) is 0 Å². The summed E-state index contributed by atoms with van der Waals surface area (Å²) in [5.74, 6) is 0.865. The third-order valence-corrected chi connectivity index (χ3v) is 7.24. The lowest BCUT2D eigenvalue weighted by atomic mass is 10.0. The molecule has 0 amide bonds. The van der Waals surface area contributed by atoms with Gasteiger partial charge in [0.15, 0.2) is 0 Å². The van der Waals surface area contributed by atoms with Crippen LogP contribution in [-0.2, 0) is 0 Å². The average Bonchev–Trinajstić information content (AvgIpc) is 3.45.